The van der Waals surface area contributed by atoms with Crippen molar-refractivity contribution in [2.75, 3.05) is 14.7 Å². The van der Waals surface area contributed by atoms with Gasteiger partial charge in [0.05, 0.1) is 17.1 Å². The molecule has 0 amide bonds. The largest absolute Gasteiger partial charge is 0.453 e. The van der Waals surface area contributed by atoms with E-state index in [1.54, 1.807) is 0 Å². The number of rotatable bonds is 2. The second-order valence-corrected chi connectivity index (χ2v) is 13.9. The topological polar surface area (TPSA) is 45.2 Å². The maximum absolute atomic E-state index is 8.79. The van der Waals surface area contributed by atoms with Crippen molar-refractivity contribution < 1.29 is 17.7 Å². The molecule has 9 aromatic rings. The van der Waals surface area contributed by atoms with Crippen molar-refractivity contribution in [1.29, 1.82) is 0 Å². The minimum atomic E-state index is -2.43. The highest BCUT2D eigenvalue weighted by Gasteiger charge is 2.49. The molecule has 0 spiro atoms. The maximum atomic E-state index is 8.79. The lowest BCUT2D eigenvalue weighted by Crippen LogP contribution is -2.60. The Labute approximate surface area is 316 Å². The highest BCUT2D eigenvalue weighted by Crippen LogP contribution is 2.53. The van der Waals surface area contributed by atoms with E-state index >= 15 is 0 Å². The molecule has 2 aromatic heterocycles. The van der Waals surface area contributed by atoms with E-state index in [4.69, 9.17) is 17.7 Å². The van der Waals surface area contributed by atoms with Gasteiger partial charge >= 0.3 is 0 Å². The number of aryl methyl sites for hydroxylation is 1. The molecule has 0 aliphatic carbocycles. The van der Waals surface area contributed by atoms with Crippen LogP contribution in [-0.2, 0) is 0 Å². The Hall–Kier alpha value is -7.12. The van der Waals surface area contributed by atoms with E-state index in [9.17, 15) is 0 Å². The number of hydrogen-bond donors (Lipinski definition) is 0. The summed E-state index contributed by atoms with van der Waals surface area (Å²) in [6.45, 7) is -2.83. The van der Waals surface area contributed by atoms with Crippen LogP contribution in [0.5, 0.6) is 11.5 Å². The first-order chi connectivity index (χ1) is 27.9. The van der Waals surface area contributed by atoms with Crippen LogP contribution in [0.15, 0.2) is 173 Å². The molecule has 0 saturated heterocycles. The van der Waals surface area contributed by atoms with Crippen LogP contribution in [0.3, 0.4) is 0 Å². The average molecular weight is 699 g/mol. The van der Waals surface area contributed by atoms with E-state index in [0.29, 0.717) is 40.2 Å². The summed E-state index contributed by atoms with van der Waals surface area (Å²) in [5.74, 6) is 2.46. The van der Waals surface area contributed by atoms with E-state index in [1.807, 2.05) is 121 Å². The minimum absolute atomic E-state index is 0.198. The third-order valence-electron chi connectivity index (χ3n) is 10.9. The third-order valence-corrected chi connectivity index (χ3v) is 10.9. The molecule has 0 N–H and O–H groups in total. The summed E-state index contributed by atoms with van der Waals surface area (Å²) < 4.78 is 47.6. The smallest absolute Gasteiger partial charge is 0.262 e. The van der Waals surface area contributed by atoms with Crippen LogP contribution in [0.25, 0.3) is 21.9 Å². The number of nitrogens with zero attached hydrogens (tertiary/aromatic N) is 3. The third kappa shape index (κ3) is 3.95. The van der Waals surface area contributed by atoms with Crippen molar-refractivity contribution in [3.63, 3.8) is 0 Å². The molecule has 0 atom stereocenters. The van der Waals surface area contributed by atoms with Crippen molar-refractivity contribution >= 4 is 96.6 Å². The fraction of sp³-hybridized carbons (Fsp3) is 0.0213. The molecule has 0 unspecified atom stereocenters. The van der Waals surface area contributed by atoms with Crippen molar-refractivity contribution in [2.45, 2.75) is 6.85 Å². The maximum Gasteiger partial charge on any atom is 0.262 e. The lowest BCUT2D eigenvalue weighted by Gasteiger charge is -2.41. The van der Waals surface area contributed by atoms with Gasteiger partial charge in [0.1, 0.15) is 5.58 Å². The molecule has 5 heterocycles. The Bertz CT molecular complexity index is 3090. The Morgan fingerprint density at radius 3 is 1.76 bits per heavy atom. The van der Waals surface area contributed by atoms with Gasteiger partial charge in [0.15, 0.2) is 17.1 Å². The zero-order valence-corrected chi connectivity index (χ0v) is 28.7. The molecule has 3 aliphatic rings. The number of ether oxygens (including phenoxy) is 1. The number of fused-ring (bicyclic) bond motifs is 10. The van der Waals surface area contributed by atoms with Crippen molar-refractivity contribution in [1.82, 2.24) is 0 Å². The van der Waals surface area contributed by atoms with Crippen molar-refractivity contribution in [3.8, 4) is 11.5 Å². The molecule has 6 nitrogen and oxygen atoms in total. The standard InChI is InChI=1S/C47H30BN3O3/c1-29-27-37-44-38(28-29)51-35-22-10-13-26-41(35)52-40-25-12-9-21-34(40)49(30-15-4-2-5-16-30)36-23-14-20-33-43(47(51)54-45(33)36)48(44)42-32-19-8-11-24-39(32)53-46(42)50(37)31-17-6-3-7-18-31/h2-28H,1H3/i1D3. The molecule has 7 aromatic carbocycles. The Kier molecular flexibility index (Phi) is 5.40. The van der Waals surface area contributed by atoms with Crippen LogP contribution >= 0.6 is 0 Å². The Morgan fingerprint density at radius 1 is 0.463 bits per heavy atom. The van der Waals surface area contributed by atoms with Gasteiger partial charge in [-0.25, -0.2) is 0 Å². The summed E-state index contributed by atoms with van der Waals surface area (Å²) in [6.07, 6.45) is 0. The van der Waals surface area contributed by atoms with Gasteiger partial charge in [-0.15, -0.1) is 0 Å². The van der Waals surface area contributed by atoms with Crippen LogP contribution in [0.1, 0.15) is 9.68 Å². The zero-order chi connectivity index (χ0) is 38.0. The van der Waals surface area contributed by atoms with Crippen LogP contribution in [0, 0.1) is 6.85 Å². The SMILES string of the molecule is [2H]C([2H])([2H])c1cc2c3c(c1)N1c4ccccc4Oc4ccccc4N(c4ccccc4)c4cccc5c(c1oc45)B3c1c(oc3ccccc13)N2c1ccccc1. The van der Waals surface area contributed by atoms with Crippen molar-refractivity contribution in [2.24, 2.45) is 0 Å². The van der Waals surface area contributed by atoms with Gasteiger partial charge in [0.2, 0.25) is 11.8 Å². The van der Waals surface area contributed by atoms with Gasteiger partial charge in [0, 0.05) is 48.6 Å². The molecular weight excluding hydrogens is 665 g/mol. The fourth-order valence-corrected chi connectivity index (χ4v) is 8.80. The molecule has 0 fully saturated rings. The van der Waals surface area contributed by atoms with Gasteiger partial charge in [-0.3, -0.25) is 9.80 Å². The van der Waals surface area contributed by atoms with E-state index in [1.165, 1.54) is 0 Å². The van der Waals surface area contributed by atoms with Crippen LogP contribution < -0.4 is 35.8 Å². The van der Waals surface area contributed by atoms with E-state index in [0.717, 1.165) is 61.2 Å². The second kappa shape index (κ2) is 10.9. The first kappa shape index (κ1) is 26.6. The summed E-state index contributed by atoms with van der Waals surface area (Å²) in [5.41, 5.74) is 10.1. The summed E-state index contributed by atoms with van der Waals surface area (Å²) >= 11 is 0. The van der Waals surface area contributed by atoms with Gasteiger partial charge in [0.25, 0.3) is 6.71 Å². The van der Waals surface area contributed by atoms with E-state index < -0.39 is 13.6 Å². The monoisotopic (exact) mass is 698 g/mol. The van der Waals surface area contributed by atoms with Crippen LogP contribution in [0.4, 0.5) is 51.6 Å². The average Bonchev–Trinajstić information content (AvgIpc) is 3.81. The lowest BCUT2D eigenvalue weighted by atomic mass is 9.33. The molecule has 254 valence electrons. The number of benzene rings is 7. The second-order valence-electron chi connectivity index (χ2n) is 13.9. The van der Waals surface area contributed by atoms with E-state index in [-0.39, 0.29) is 5.56 Å². The highest BCUT2D eigenvalue weighted by atomic mass is 16.5. The quantitative estimate of drug-likeness (QED) is 0.168. The van der Waals surface area contributed by atoms with Gasteiger partial charge < -0.3 is 18.5 Å². The first-order valence-corrected chi connectivity index (χ1v) is 18.1. The summed E-state index contributed by atoms with van der Waals surface area (Å²) in [6, 6.07) is 54.2. The van der Waals surface area contributed by atoms with Gasteiger partial charge in [-0.2, -0.15) is 0 Å². The van der Waals surface area contributed by atoms with Crippen molar-refractivity contribution in [3.05, 3.63) is 169 Å². The van der Waals surface area contributed by atoms with Gasteiger partial charge in [-0.05, 0) is 90.7 Å². The Morgan fingerprint density at radius 2 is 1.02 bits per heavy atom. The summed E-state index contributed by atoms with van der Waals surface area (Å²) in [7, 11) is 0. The normalized spacial score (nSPS) is 14.7. The predicted molar refractivity (Wildman–Crippen MR) is 220 cm³/mol. The Balaban J connectivity index is 1.28. The molecule has 3 aliphatic heterocycles. The molecule has 54 heavy (non-hydrogen) atoms. The lowest BCUT2D eigenvalue weighted by molar-refractivity contribution is 0.484. The molecule has 0 saturated carbocycles. The van der Waals surface area contributed by atoms with Crippen LogP contribution in [0.2, 0.25) is 0 Å². The first-order valence-electron chi connectivity index (χ1n) is 19.6. The number of para-hydroxylation sites is 8. The molecule has 0 radical (unpaired) electrons. The number of furan rings is 2. The van der Waals surface area contributed by atoms with E-state index in [2.05, 4.69) is 57.2 Å². The molecule has 12 rings (SSSR count). The summed E-state index contributed by atoms with van der Waals surface area (Å²) in [4.78, 5) is 6.33. The van der Waals surface area contributed by atoms with Gasteiger partial charge in [-0.1, -0.05) is 91.0 Å². The molecule has 2 bridgehead atoms. The van der Waals surface area contributed by atoms with Crippen LogP contribution in [-0.4, -0.2) is 6.71 Å². The predicted octanol–water partition coefficient (Wildman–Crippen LogP) is 11.1. The molecule has 7 heteroatoms. The fourth-order valence-electron chi connectivity index (χ4n) is 8.80. The highest BCUT2D eigenvalue weighted by molar-refractivity contribution is 7.02. The number of anilines is 9. The zero-order valence-electron chi connectivity index (χ0n) is 31.7. The minimum Gasteiger partial charge on any atom is -0.453 e. The summed E-state index contributed by atoms with van der Waals surface area (Å²) in [5, 5.41) is 1.92. The number of hydrogen-bond acceptors (Lipinski definition) is 6. The molecular formula is C47H30BN3O3.